The molecule has 0 unspecified atom stereocenters. The Morgan fingerprint density at radius 2 is 1.76 bits per heavy atom. The lowest BCUT2D eigenvalue weighted by molar-refractivity contribution is -0.138. The van der Waals surface area contributed by atoms with Gasteiger partial charge in [0, 0.05) is 0 Å². The van der Waals surface area contributed by atoms with Crippen LogP contribution in [0.2, 0.25) is 0 Å². The molecule has 3 aromatic rings. The highest BCUT2D eigenvalue weighted by atomic mass is 32.2. The van der Waals surface area contributed by atoms with Crippen LogP contribution < -0.4 is 4.74 Å². The average molecular weight is 462 g/mol. The fourth-order valence-electron chi connectivity index (χ4n) is 3.07. The third-order valence-electron chi connectivity index (χ3n) is 4.58. The number of aliphatic imine (C=N–C) groups is 1. The molecule has 0 amide bonds. The first-order chi connectivity index (χ1) is 16.0. The summed E-state index contributed by atoms with van der Waals surface area (Å²) in [6, 6.07) is 22.4. The number of aliphatic hydroxyl groups is 1. The van der Waals surface area contributed by atoms with Gasteiger partial charge in [-0.15, -0.1) is 0 Å². The highest BCUT2D eigenvalue weighted by molar-refractivity contribution is 8.18. The van der Waals surface area contributed by atoms with Gasteiger partial charge in [0.1, 0.15) is 22.1 Å². The van der Waals surface area contributed by atoms with Crippen molar-refractivity contribution in [3.8, 4) is 11.5 Å². The van der Waals surface area contributed by atoms with E-state index in [4.69, 9.17) is 9.47 Å². The van der Waals surface area contributed by atoms with Crippen molar-refractivity contribution in [2.75, 3.05) is 6.61 Å². The van der Waals surface area contributed by atoms with Gasteiger partial charge in [-0.2, -0.15) is 0 Å². The number of benzene rings is 3. The van der Waals surface area contributed by atoms with Gasteiger partial charge in [0.05, 0.1) is 17.2 Å². The van der Waals surface area contributed by atoms with Gasteiger partial charge in [0.2, 0.25) is 0 Å². The van der Waals surface area contributed by atoms with Gasteiger partial charge in [-0.1, -0.05) is 54.2 Å². The van der Waals surface area contributed by atoms with Crippen molar-refractivity contribution < 1.29 is 23.8 Å². The summed E-state index contributed by atoms with van der Waals surface area (Å²) in [6.07, 6.45) is 1.64. The number of ether oxygens (including phenoxy) is 2. The summed E-state index contributed by atoms with van der Waals surface area (Å²) in [4.78, 5) is 17.4. The van der Waals surface area contributed by atoms with Crippen LogP contribution in [0.15, 0.2) is 100 Å². The molecule has 7 heteroatoms. The zero-order valence-electron chi connectivity index (χ0n) is 17.7. The van der Waals surface area contributed by atoms with Gasteiger partial charge in [-0.25, -0.2) is 14.2 Å². The topological polar surface area (TPSA) is 68.1 Å². The minimum atomic E-state index is -0.659. The Bertz CT molecular complexity index is 1250. The van der Waals surface area contributed by atoms with Crippen molar-refractivity contribution >= 4 is 34.5 Å². The molecular formula is C26H20FNO4S. The highest BCUT2D eigenvalue weighted by Gasteiger charge is 2.33. The van der Waals surface area contributed by atoms with E-state index in [1.165, 1.54) is 12.1 Å². The largest absolute Gasteiger partial charge is 0.506 e. The van der Waals surface area contributed by atoms with Gasteiger partial charge < -0.3 is 14.6 Å². The predicted molar refractivity (Wildman–Crippen MR) is 128 cm³/mol. The molecule has 0 saturated heterocycles. The van der Waals surface area contributed by atoms with E-state index in [0.29, 0.717) is 26.9 Å². The van der Waals surface area contributed by atoms with Crippen molar-refractivity contribution in [1.82, 2.24) is 0 Å². The minimum absolute atomic E-state index is 0.000163. The van der Waals surface area contributed by atoms with E-state index < -0.39 is 11.8 Å². The summed E-state index contributed by atoms with van der Waals surface area (Å²) in [5.41, 5.74) is 1.22. The maximum atomic E-state index is 14.3. The molecule has 5 nitrogen and oxygen atoms in total. The zero-order chi connectivity index (χ0) is 23.2. The zero-order valence-corrected chi connectivity index (χ0v) is 18.5. The molecule has 1 heterocycles. The third-order valence-corrected chi connectivity index (χ3v) is 5.60. The molecule has 0 bridgehead atoms. The van der Waals surface area contributed by atoms with Crippen molar-refractivity contribution in [2.24, 2.45) is 4.99 Å². The molecule has 3 aromatic carbocycles. The van der Waals surface area contributed by atoms with Crippen LogP contribution in [0.1, 0.15) is 12.5 Å². The second-order valence-corrected chi connectivity index (χ2v) is 7.94. The fourth-order valence-corrected chi connectivity index (χ4v) is 4.10. The number of thioether (sulfide) groups is 1. The lowest BCUT2D eigenvalue weighted by Crippen LogP contribution is -2.12. The monoisotopic (exact) mass is 461 g/mol. The molecule has 0 radical (unpaired) electrons. The molecule has 0 aromatic heterocycles. The molecule has 0 spiro atoms. The molecule has 0 saturated carbocycles. The van der Waals surface area contributed by atoms with Gasteiger partial charge in [-0.3, -0.25) is 0 Å². The number of esters is 1. The van der Waals surface area contributed by atoms with Crippen LogP contribution in [-0.4, -0.2) is 22.7 Å². The van der Waals surface area contributed by atoms with E-state index in [0.717, 1.165) is 11.8 Å². The summed E-state index contributed by atoms with van der Waals surface area (Å²) in [7, 11) is 0. The first-order valence-corrected chi connectivity index (χ1v) is 11.0. The molecule has 166 valence electrons. The van der Waals surface area contributed by atoms with Crippen LogP contribution in [0, 0.1) is 5.82 Å². The van der Waals surface area contributed by atoms with Crippen LogP contribution in [0.25, 0.3) is 6.08 Å². The molecule has 0 aliphatic carbocycles. The smallest absolute Gasteiger partial charge is 0.344 e. The number of hydrogen-bond donors (Lipinski definition) is 1. The Balaban J connectivity index is 1.69. The van der Waals surface area contributed by atoms with Crippen LogP contribution in [-0.2, 0) is 9.53 Å². The highest BCUT2D eigenvalue weighted by Crippen LogP contribution is 2.40. The Morgan fingerprint density at radius 1 is 1.06 bits per heavy atom. The van der Waals surface area contributed by atoms with E-state index in [1.807, 2.05) is 24.3 Å². The lowest BCUT2D eigenvalue weighted by Gasteiger charge is -2.08. The van der Waals surface area contributed by atoms with Crippen molar-refractivity contribution in [2.45, 2.75) is 6.92 Å². The Morgan fingerprint density at radius 3 is 2.45 bits per heavy atom. The maximum Gasteiger partial charge on any atom is 0.344 e. The summed E-state index contributed by atoms with van der Waals surface area (Å²) < 4.78 is 25.1. The average Bonchev–Trinajstić information content (AvgIpc) is 3.12. The second-order valence-electron chi connectivity index (χ2n) is 6.91. The van der Waals surface area contributed by atoms with E-state index >= 15 is 0 Å². The predicted octanol–water partition coefficient (Wildman–Crippen LogP) is 6.81. The molecule has 4 rings (SSSR count). The molecule has 1 aliphatic heterocycles. The standard InChI is InChI=1S/C26H20FNO4S/c1-2-31-26(30)23-24(29)22(33-25(23)28-18-9-5-3-6-10-18)16-17-13-14-20(27)21(15-17)32-19-11-7-4-8-12-19/h3-16,29H,2H2,1H3/b22-16-,28-25?. The summed E-state index contributed by atoms with van der Waals surface area (Å²) in [6.45, 7) is 1.85. The van der Waals surface area contributed by atoms with Crippen molar-refractivity contribution in [3.05, 3.63) is 106 Å². The van der Waals surface area contributed by atoms with Crippen molar-refractivity contribution in [3.63, 3.8) is 0 Å². The van der Waals surface area contributed by atoms with Crippen LogP contribution in [0.3, 0.4) is 0 Å². The first kappa shape index (κ1) is 22.4. The van der Waals surface area contributed by atoms with E-state index in [1.54, 1.807) is 55.5 Å². The van der Waals surface area contributed by atoms with Gasteiger partial charge in [-0.05, 0) is 55.0 Å². The van der Waals surface area contributed by atoms with Gasteiger partial charge >= 0.3 is 5.97 Å². The van der Waals surface area contributed by atoms with E-state index in [9.17, 15) is 14.3 Å². The van der Waals surface area contributed by atoms with Crippen LogP contribution in [0.5, 0.6) is 11.5 Å². The fraction of sp³-hybridized carbons (Fsp3) is 0.0769. The van der Waals surface area contributed by atoms with Crippen LogP contribution >= 0.6 is 11.8 Å². The molecule has 33 heavy (non-hydrogen) atoms. The summed E-state index contributed by atoms with van der Waals surface area (Å²) in [5, 5.41) is 11.1. The number of hydrogen-bond acceptors (Lipinski definition) is 6. The summed E-state index contributed by atoms with van der Waals surface area (Å²) in [5.74, 6) is -0.860. The van der Waals surface area contributed by atoms with Gasteiger partial charge in [0.15, 0.2) is 11.6 Å². The first-order valence-electron chi connectivity index (χ1n) is 10.2. The molecule has 0 atom stereocenters. The number of aliphatic hydroxyl groups excluding tert-OH is 1. The van der Waals surface area contributed by atoms with E-state index in [-0.39, 0.29) is 23.7 Å². The number of carbonyl (C=O) groups excluding carboxylic acids is 1. The minimum Gasteiger partial charge on any atom is -0.506 e. The number of rotatable bonds is 6. The maximum absolute atomic E-state index is 14.3. The van der Waals surface area contributed by atoms with Gasteiger partial charge in [0.25, 0.3) is 0 Å². The molecular weight excluding hydrogens is 441 g/mol. The third kappa shape index (κ3) is 5.32. The number of para-hydroxylation sites is 2. The second kappa shape index (κ2) is 10.2. The van der Waals surface area contributed by atoms with Crippen LogP contribution in [0.4, 0.5) is 10.1 Å². The molecule has 0 fully saturated rings. The number of halogens is 1. The Labute approximate surface area is 194 Å². The Kier molecular flexibility index (Phi) is 6.90. The molecule has 1 aliphatic rings. The quantitative estimate of drug-likeness (QED) is 0.408. The number of carbonyl (C=O) groups is 1. The van der Waals surface area contributed by atoms with E-state index in [2.05, 4.69) is 4.99 Å². The summed E-state index contributed by atoms with van der Waals surface area (Å²) >= 11 is 1.14. The number of nitrogens with zero attached hydrogens (tertiary/aromatic N) is 1. The Hall–Kier alpha value is -3.84. The lowest BCUT2D eigenvalue weighted by atomic mass is 10.1. The van der Waals surface area contributed by atoms with Crippen molar-refractivity contribution in [1.29, 1.82) is 0 Å². The molecule has 1 N–H and O–H groups in total. The normalized spacial score (nSPS) is 15.8. The SMILES string of the molecule is CCOC(=O)C1=C(O)/C(=C/c2ccc(F)c(Oc3ccccc3)c2)SC1=Nc1ccccc1.